The van der Waals surface area contributed by atoms with Crippen molar-refractivity contribution in [2.24, 2.45) is 10.9 Å². The van der Waals surface area contributed by atoms with E-state index in [0.717, 1.165) is 6.07 Å². The molecule has 0 saturated heterocycles. The van der Waals surface area contributed by atoms with Crippen molar-refractivity contribution in [2.75, 3.05) is 38.3 Å². The molecule has 0 unspecified atom stereocenters. The topological polar surface area (TPSA) is 98.7 Å². The van der Waals surface area contributed by atoms with E-state index in [9.17, 15) is 12.8 Å². The highest BCUT2D eigenvalue weighted by Crippen LogP contribution is 2.22. The first-order chi connectivity index (χ1) is 9.40. The molecule has 4 N–H and O–H groups in total. The summed E-state index contributed by atoms with van der Waals surface area (Å²) in [6, 6.07) is 3.62. The molecule has 0 bridgehead atoms. The second-order valence-electron chi connectivity index (χ2n) is 4.28. The Morgan fingerprint density at radius 1 is 1.35 bits per heavy atom. The summed E-state index contributed by atoms with van der Waals surface area (Å²) in [4.78, 5) is 1.52. The normalized spacial score (nSPS) is 11.6. The first-order valence-electron chi connectivity index (χ1n) is 6.16. The van der Waals surface area contributed by atoms with Crippen LogP contribution in [0.25, 0.3) is 0 Å². The summed E-state index contributed by atoms with van der Waals surface area (Å²) >= 11 is 0. The van der Waals surface area contributed by atoms with Crippen molar-refractivity contribution >= 4 is 15.7 Å². The van der Waals surface area contributed by atoms with Crippen LogP contribution in [0, 0.1) is 5.82 Å². The van der Waals surface area contributed by atoms with Crippen LogP contribution in [0.2, 0.25) is 0 Å². The van der Waals surface area contributed by atoms with E-state index in [4.69, 9.17) is 15.6 Å². The van der Waals surface area contributed by atoms with Gasteiger partial charge in [0.05, 0.1) is 17.2 Å². The number of hydrogen-bond acceptors (Lipinski definition) is 5. The Morgan fingerprint density at radius 3 is 2.55 bits per heavy atom. The van der Waals surface area contributed by atoms with Gasteiger partial charge in [0.15, 0.2) is 0 Å². The second-order valence-corrected chi connectivity index (χ2v) is 5.84. The van der Waals surface area contributed by atoms with E-state index >= 15 is 0 Å². The Morgan fingerprint density at radius 2 is 2.05 bits per heavy atom. The molecular weight excluding hydrogens is 285 g/mol. The monoisotopic (exact) mass is 305 g/mol. The molecule has 1 rings (SSSR count). The number of methoxy groups -OCH3 is 1. The first kappa shape index (κ1) is 16.8. The average Bonchev–Trinajstić information content (AvgIpc) is 2.38. The highest BCUT2D eigenvalue weighted by atomic mass is 32.2. The van der Waals surface area contributed by atoms with Crippen LogP contribution in [0.1, 0.15) is 6.42 Å². The van der Waals surface area contributed by atoms with Gasteiger partial charge in [-0.1, -0.05) is 0 Å². The van der Waals surface area contributed by atoms with Gasteiger partial charge in [0, 0.05) is 20.2 Å². The minimum absolute atomic E-state index is 0.246. The van der Waals surface area contributed by atoms with Gasteiger partial charge >= 0.3 is 0 Å². The lowest BCUT2D eigenvalue weighted by Crippen LogP contribution is -2.30. The van der Waals surface area contributed by atoms with Crippen LogP contribution in [-0.4, -0.2) is 41.8 Å². The Balaban J connectivity index is 3.01. The van der Waals surface area contributed by atoms with Crippen molar-refractivity contribution in [1.82, 2.24) is 0 Å². The number of primary sulfonamides is 1. The van der Waals surface area contributed by atoms with Gasteiger partial charge in [-0.05, 0) is 31.2 Å². The van der Waals surface area contributed by atoms with Crippen molar-refractivity contribution in [3.63, 3.8) is 0 Å². The van der Waals surface area contributed by atoms with Crippen LogP contribution in [0.5, 0.6) is 0 Å². The zero-order valence-corrected chi connectivity index (χ0v) is 12.2. The highest BCUT2D eigenvalue weighted by molar-refractivity contribution is 7.89. The summed E-state index contributed by atoms with van der Waals surface area (Å²) in [6.07, 6.45) is 0.695. The maximum atomic E-state index is 14.1. The van der Waals surface area contributed by atoms with Crippen molar-refractivity contribution < 1.29 is 17.5 Å². The number of nitrogens with two attached hydrogens (primary N) is 2. The number of nitrogens with zero attached hydrogens (tertiary/aromatic N) is 1. The molecule has 1 aromatic carbocycles. The summed E-state index contributed by atoms with van der Waals surface area (Å²) in [7, 11) is -2.35. The maximum Gasteiger partial charge on any atom is 0.238 e. The van der Waals surface area contributed by atoms with Crippen LogP contribution < -0.4 is 15.8 Å². The van der Waals surface area contributed by atoms with Crippen LogP contribution >= 0.6 is 0 Å². The number of sulfonamides is 1. The van der Waals surface area contributed by atoms with E-state index in [1.165, 1.54) is 12.1 Å². The van der Waals surface area contributed by atoms with E-state index in [0.29, 0.717) is 38.3 Å². The number of benzene rings is 1. The average molecular weight is 305 g/mol. The fourth-order valence-corrected chi connectivity index (χ4v) is 2.28. The van der Waals surface area contributed by atoms with Crippen LogP contribution in [-0.2, 0) is 14.8 Å². The summed E-state index contributed by atoms with van der Waals surface area (Å²) in [5.74, 6) is -0.635. The lowest BCUT2D eigenvalue weighted by atomic mass is 10.2. The third kappa shape index (κ3) is 4.71. The second kappa shape index (κ2) is 7.53. The van der Waals surface area contributed by atoms with Crippen molar-refractivity contribution in [3.05, 3.63) is 24.0 Å². The van der Waals surface area contributed by atoms with E-state index in [1.54, 1.807) is 12.0 Å². The lowest BCUT2D eigenvalue weighted by Gasteiger charge is -2.25. The molecule has 0 radical (unpaired) electrons. The third-order valence-electron chi connectivity index (χ3n) is 2.79. The fraction of sp³-hybridized carbons (Fsp3) is 0.500. The van der Waals surface area contributed by atoms with Gasteiger partial charge in [0.2, 0.25) is 10.0 Å². The van der Waals surface area contributed by atoms with Crippen molar-refractivity contribution in [2.45, 2.75) is 11.3 Å². The number of ether oxygens (including phenoxy) is 1. The van der Waals surface area contributed by atoms with E-state index in [2.05, 4.69) is 0 Å². The quantitative estimate of drug-likeness (QED) is 0.718. The predicted molar refractivity (Wildman–Crippen MR) is 75.5 cm³/mol. The number of hydrogen-bond donors (Lipinski definition) is 2. The molecule has 8 heteroatoms. The number of halogens is 1. The van der Waals surface area contributed by atoms with Gasteiger partial charge in [-0.2, -0.15) is 0 Å². The van der Waals surface area contributed by atoms with Gasteiger partial charge in [-0.25, -0.2) is 17.9 Å². The van der Waals surface area contributed by atoms with Gasteiger partial charge < -0.3 is 15.4 Å². The smallest absolute Gasteiger partial charge is 0.238 e. The molecule has 0 spiro atoms. The molecule has 0 aliphatic rings. The van der Waals surface area contributed by atoms with Gasteiger partial charge in [-0.15, -0.1) is 0 Å². The van der Waals surface area contributed by atoms with E-state index in [-0.39, 0.29) is 4.90 Å². The molecule has 0 aliphatic carbocycles. The summed E-state index contributed by atoms with van der Waals surface area (Å²) < 4.78 is 41.4. The third-order valence-corrected chi connectivity index (χ3v) is 3.70. The molecule has 1 aromatic rings. The molecule has 0 heterocycles. The molecule has 20 heavy (non-hydrogen) atoms. The maximum absolute atomic E-state index is 14.1. The molecule has 0 aliphatic heterocycles. The summed E-state index contributed by atoms with van der Waals surface area (Å²) in [5.41, 5.74) is 5.76. The molecule has 0 fully saturated rings. The molecule has 6 nitrogen and oxygen atoms in total. The SMILES string of the molecule is COCCN(CCCN)c1ccc(S(N)(=O)=O)cc1F. The fourth-order valence-electron chi connectivity index (χ4n) is 1.76. The number of anilines is 1. The standard InChI is InChI=1S/C12H20FN3O3S/c1-19-8-7-16(6-2-5-14)12-4-3-10(9-11(12)13)20(15,17)18/h3-4,9H,2,5-8,14H2,1H3,(H2,15,17,18). The Bertz CT molecular complexity index is 529. The van der Waals surface area contributed by atoms with Crippen LogP contribution in [0.4, 0.5) is 10.1 Å². The predicted octanol–water partition coefficient (Wildman–Crippen LogP) is 0.275. The first-order valence-corrected chi connectivity index (χ1v) is 7.71. The Hall–Kier alpha value is -1.22. The van der Waals surface area contributed by atoms with Crippen LogP contribution in [0.3, 0.4) is 0 Å². The highest BCUT2D eigenvalue weighted by Gasteiger charge is 2.15. The summed E-state index contributed by atoms with van der Waals surface area (Å²) in [5, 5.41) is 4.97. The molecule has 0 saturated carbocycles. The Labute approximate surface area is 118 Å². The van der Waals surface area contributed by atoms with Crippen molar-refractivity contribution in [1.29, 1.82) is 0 Å². The summed E-state index contributed by atoms with van der Waals surface area (Å²) in [6.45, 7) is 1.97. The molecule has 0 atom stereocenters. The number of rotatable bonds is 8. The van der Waals surface area contributed by atoms with Gasteiger partial charge in [0.1, 0.15) is 5.82 Å². The Kier molecular flexibility index (Phi) is 6.34. The minimum Gasteiger partial charge on any atom is -0.383 e. The van der Waals surface area contributed by atoms with Crippen LogP contribution in [0.15, 0.2) is 23.1 Å². The van der Waals surface area contributed by atoms with Gasteiger partial charge in [-0.3, -0.25) is 0 Å². The molecule has 0 aromatic heterocycles. The van der Waals surface area contributed by atoms with E-state index < -0.39 is 15.8 Å². The van der Waals surface area contributed by atoms with Gasteiger partial charge in [0.25, 0.3) is 0 Å². The zero-order valence-electron chi connectivity index (χ0n) is 11.4. The zero-order chi connectivity index (χ0) is 15.2. The molecular formula is C12H20FN3O3S. The largest absolute Gasteiger partial charge is 0.383 e. The van der Waals surface area contributed by atoms with E-state index in [1.807, 2.05) is 0 Å². The van der Waals surface area contributed by atoms with Crippen molar-refractivity contribution in [3.8, 4) is 0 Å². The minimum atomic E-state index is -3.90. The molecule has 0 amide bonds. The lowest BCUT2D eigenvalue weighted by molar-refractivity contribution is 0.205. The molecule has 114 valence electrons.